The molecule has 5 nitrogen and oxygen atoms in total. The van der Waals surface area contributed by atoms with E-state index in [9.17, 15) is 9.59 Å². The smallest absolute Gasteiger partial charge is 0.249 e. The fraction of sp³-hybridized carbons (Fsp3) is 0.667. The summed E-state index contributed by atoms with van der Waals surface area (Å²) < 4.78 is 0. The summed E-state index contributed by atoms with van der Waals surface area (Å²) in [6, 6.07) is -0.331. The van der Waals surface area contributed by atoms with Gasteiger partial charge in [0.1, 0.15) is 11.6 Å². The predicted octanol–water partition coefficient (Wildman–Crippen LogP) is 1.74. The van der Waals surface area contributed by atoms with E-state index in [1.54, 1.807) is 21.7 Å². The Morgan fingerprint density at radius 2 is 2.19 bits per heavy atom. The highest BCUT2D eigenvalue weighted by atomic mass is 32.1. The Morgan fingerprint density at radius 3 is 2.81 bits per heavy atom. The highest BCUT2D eigenvalue weighted by molar-refractivity contribution is 7.07. The first kappa shape index (κ1) is 14.5. The Hall–Kier alpha value is -1.43. The van der Waals surface area contributed by atoms with E-state index in [1.807, 2.05) is 12.3 Å². The molecule has 114 valence electrons. The third-order valence-corrected chi connectivity index (χ3v) is 5.28. The van der Waals surface area contributed by atoms with Gasteiger partial charge in [-0.15, -0.1) is 11.3 Å². The largest absolute Gasteiger partial charge is 0.340 e. The van der Waals surface area contributed by atoms with Gasteiger partial charge < -0.3 is 10.2 Å². The van der Waals surface area contributed by atoms with Crippen LogP contribution in [0.4, 0.5) is 0 Å². The Bertz CT molecular complexity index is 523. The Balaban J connectivity index is 1.79. The van der Waals surface area contributed by atoms with Crippen LogP contribution in [-0.4, -0.2) is 39.8 Å². The second kappa shape index (κ2) is 5.75. The van der Waals surface area contributed by atoms with Gasteiger partial charge in [-0.1, -0.05) is 19.8 Å². The Kier molecular flexibility index (Phi) is 3.97. The van der Waals surface area contributed by atoms with E-state index >= 15 is 0 Å². The van der Waals surface area contributed by atoms with Gasteiger partial charge in [0, 0.05) is 18.3 Å². The van der Waals surface area contributed by atoms with Crippen LogP contribution in [0.1, 0.15) is 44.7 Å². The number of aromatic nitrogens is 1. The van der Waals surface area contributed by atoms with Crippen LogP contribution < -0.4 is 5.32 Å². The maximum atomic E-state index is 12.9. The predicted molar refractivity (Wildman–Crippen MR) is 81.0 cm³/mol. The SMILES string of the molecule is CCC1C(=O)NC2(CCCC2)C(=O)N1CCc1cscn1. The van der Waals surface area contributed by atoms with Crippen LogP contribution in [0, 0.1) is 0 Å². The lowest BCUT2D eigenvalue weighted by atomic mass is 9.90. The molecule has 1 N–H and O–H groups in total. The number of hydrogen-bond acceptors (Lipinski definition) is 4. The van der Waals surface area contributed by atoms with Crippen molar-refractivity contribution in [3.63, 3.8) is 0 Å². The molecule has 21 heavy (non-hydrogen) atoms. The van der Waals surface area contributed by atoms with E-state index in [4.69, 9.17) is 0 Å². The Morgan fingerprint density at radius 1 is 1.43 bits per heavy atom. The minimum absolute atomic E-state index is 0.0114. The lowest BCUT2D eigenvalue weighted by molar-refractivity contribution is -0.155. The summed E-state index contributed by atoms with van der Waals surface area (Å²) in [7, 11) is 0. The Labute approximate surface area is 128 Å². The van der Waals surface area contributed by atoms with Crippen LogP contribution in [-0.2, 0) is 16.0 Å². The molecule has 2 aliphatic rings. The standard InChI is InChI=1S/C15H21N3O2S/c1-2-12-13(19)17-15(6-3-4-7-15)14(20)18(12)8-5-11-9-21-10-16-11/h9-10,12H,2-8H2,1H3,(H,17,19). The molecule has 1 aliphatic heterocycles. The molecule has 6 heteroatoms. The number of carbonyl (C=O) groups excluding carboxylic acids is 2. The first-order valence-corrected chi connectivity index (χ1v) is 8.61. The zero-order chi connectivity index (χ0) is 14.9. The van der Waals surface area contributed by atoms with Crippen LogP contribution in [0.5, 0.6) is 0 Å². The molecular weight excluding hydrogens is 286 g/mol. The number of hydrogen-bond donors (Lipinski definition) is 1. The monoisotopic (exact) mass is 307 g/mol. The number of nitrogens with zero attached hydrogens (tertiary/aromatic N) is 2. The fourth-order valence-electron chi connectivity index (χ4n) is 3.51. The first-order valence-electron chi connectivity index (χ1n) is 7.66. The molecule has 2 heterocycles. The van der Waals surface area contributed by atoms with Crippen molar-refractivity contribution < 1.29 is 9.59 Å². The van der Waals surface area contributed by atoms with Gasteiger partial charge >= 0.3 is 0 Å². The van der Waals surface area contributed by atoms with Gasteiger partial charge in [0.2, 0.25) is 11.8 Å². The summed E-state index contributed by atoms with van der Waals surface area (Å²) in [6.45, 7) is 2.54. The zero-order valence-corrected chi connectivity index (χ0v) is 13.1. The van der Waals surface area contributed by atoms with Crippen molar-refractivity contribution in [2.24, 2.45) is 0 Å². The molecule has 1 spiro atoms. The van der Waals surface area contributed by atoms with E-state index in [-0.39, 0.29) is 17.9 Å². The lowest BCUT2D eigenvalue weighted by Crippen LogP contribution is -2.69. The molecule has 1 saturated carbocycles. The molecule has 1 aromatic rings. The van der Waals surface area contributed by atoms with Crippen LogP contribution in [0.2, 0.25) is 0 Å². The van der Waals surface area contributed by atoms with Crippen LogP contribution in [0.15, 0.2) is 10.9 Å². The number of amides is 2. The van der Waals surface area contributed by atoms with Crippen molar-refractivity contribution in [2.75, 3.05) is 6.54 Å². The summed E-state index contributed by atoms with van der Waals surface area (Å²) in [5.41, 5.74) is 2.18. The van der Waals surface area contributed by atoms with Gasteiger partial charge in [0.25, 0.3) is 0 Å². The molecule has 1 saturated heterocycles. The van der Waals surface area contributed by atoms with Gasteiger partial charge in [0.05, 0.1) is 11.2 Å². The number of rotatable bonds is 4. The maximum absolute atomic E-state index is 12.9. The molecule has 3 rings (SSSR count). The zero-order valence-electron chi connectivity index (χ0n) is 12.3. The van der Waals surface area contributed by atoms with Crippen molar-refractivity contribution in [3.8, 4) is 0 Å². The second-order valence-corrected chi connectivity index (χ2v) is 6.65. The van der Waals surface area contributed by atoms with Gasteiger partial charge in [-0.25, -0.2) is 4.98 Å². The summed E-state index contributed by atoms with van der Waals surface area (Å²) in [6.07, 6.45) is 4.97. The molecule has 2 amide bonds. The van der Waals surface area contributed by atoms with Gasteiger partial charge in [-0.2, -0.15) is 0 Å². The molecule has 0 radical (unpaired) electrons. The fourth-order valence-corrected chi connectivity index (χ4v) is 4.10. The summed E-state index contributed by atoms with van der Waals surface area (Å²) in [4.78, 5) is 31.4. The number of piperazine rings is 1. The van der Waals surface area contributed by atoms with Crippen molar-refractivity contribution in [2.45, 2.75) is 57.0 Å². The van der Waals surface area contributed by atoms with Crippen molar-refractivity contribution in [3.05, 3.63) is 16.6 Å². The van der Waals surface area contributed by atoms with E-state index < -0.39 is 5.54 Å². The average Bonchev–Trinajstić information content (AvgIpc) is 3.13. The molecular formula is C15H21N3O2S. The third-order valence-electron chi connectivity index (χ3n) is 4.65. The van der Waals surface area contributed by atoms with E-state index in [1.165, 1.54) is 0 Å². The molecule has 1 unspecified atom stereocenters. The minimum Gasteiger partial charge on any atom is -0.340 e. The number of carbonyl (C=O) groups is 2. The maximum Gasteiger partial charge on any atom is 0.249 e. The van der Waals surface area contributed by atoms with Gasteiger partial charge in [0.15, 0.2) is 0 Å². The van der Waals surface area contributed by atoms with Gasteiger partial charge in [-0.05, 0) is 19.3 Å². The molecule has 1 atom stereocenters. The van der Waals surface area contributed by atoms with E-state index in [0.29, 0.717) is 13.0 Å². The van der Waals surface area contributed by atoms with Crippen molar-refractivity contribution in [1.29, 1.82) is 0 Å². The highest BCUT2D eigenvalue weighted by Gasteiger charge is 2.51. The van der Waals surface area contributed by atoms with E-state index in [2.05, 4.69) is 10.3 Å². The average molecular weight is 307 g/mol. The van der Waals surface area contributed by atoms with Crippen LogP contribution in [0.25, 0.3) is 0 Å². The van der Waals surface area contributed by atoms with Crippen molar-refractivity contribution >= 4 is 23.2 Å². The minimum atomic E-state index is -0.620. The number of thiazole rings is 1. The second-order valence-electron chi connectivity index (χ2n) is 5.93. The highest BCUT2D eigenvalue weighted by Crippen LogP contribution is 2.35. The topological polar surface area (TPSA) is 62.3 Å². The molecule has 1 aromatic heterocycles. The summed E-state index contributed by atoms with van der Waals surface area (Å²) >= 11 is 1.56. The molecule has 0 bridgehead atoms. The lowest BCUT2D eigenvalue weighted by Gasteiger charge is -2.44. The molecule has 0 aromatic carbocycles. The van der Waals surface area contributed by atoms with Crippen LogP contribution in [0.3, 0.4) is 0 Å². The van der Waals surface area contributed by atoms with Crippen LogP contribution >= 0.6 is 11.3 Å². The first-order chi connectivity index (χ1) is 10.2. The summed E-state index contributed by atoms with van der Waals surface area (Å²) in [5, 5.41) is 5.02. The van der Waals surface area contributed by atoms with Crippen molar-refractivity contribution in [1.82, 2.24) is 15.2 Å². The third kappa shape index (κ3) is 2.57. The number of nitrogens with one attached hydrogen (secondary N) is 1. The molecule has 2 fully saturated rings. The normalized spacial score (nSPS) is 24.6. The molecule has 1 aliphatic carbocycles. The van der Waals surface area contributed by atoms with E-state index in [0.717, 1.165) is 37.8 Å². The quantitative estimate of drug-likeness (QED) is 0.921. The van der Waals surface area contributed by atoms with Gasteiger partial charge in [-0.3, -0.25) is 9.59 Å². The summed E-state index contributed by atoms with van der Waals surface area (Å²) in [5.74, 6) is 0.124.